The van der Waals surface area contributed by atoms with Gasteiger partial charge in [-0.1, -0.05) is 29.0 Å². The zero-order valence-electron chi connectivity index (χ0n) is 10.0. The van der Waals surface area contributed by atoms with Gasteiger partial charge < -0.3 is 0 Å². The number of aromatic nitrogens is 1. The molecule has 10 heteroatoms. The average molecular weight is 334 g/mol. The minimum absolute atomic E-state index is 0.0617. The predicted octanol–water partition coefficient (Wildman–Crippen LogP) is 2.81. The van der Waals surface area contributed by atoms with E-state index in [-0.39, 0.29) is 25.6 Å². The SMILES string of the molecule is Cc1c(NS(=O)(=O)c2cnc(Cl)s2)cccc1[N+](=O)[O-]. The molecule has 0 unspecified atom stereocenters. The third-order valence-corrected chi connectivity index (χ3v) is 5.41. The Bertz CT molecular complexity index is 773. The van der Waals surface area contributed by atoms with E-state index in [9.17, 15) is 18.5 Å². The normalized spacial score (nSPS) is 11.3. The topological polar surface area (TPSA) is 102 Å². The molecule has 20 heavy (non-hydrogen) atoms. The molecule has 0 amide bonds. The molecule has 0 aliphatic heterocycles. The molecule has 0 fully saturated rings. The molecule has 1 aromatic carbocycles. The minimum atomic E-state index is -3.86. The summed E-state index contributed by atoms with van der Waals surface area (Å²) >= 11 is 6.39. The molecule has 0 saturated heterocycles. The summed E-state index contributed by atoms with van der Waals surface area (Å²) in [6, 6.07) is 4.15. The van der Waals surface area contributed by atoms with Crippen LogP contribution in [0.25, 0.3) is 0 Å². The van der Waals surface area contributed by atoms with Crippen molar-refractivity contribution in [1.29, 1.82) is 0 Å². The number of rotatable bonds is 4. The van der Waals surface area contributed by atoms with Gasteiger partial charge in [-0.05, 0) is 13.0 Å². The lowest BCUT2D eigenvalue weighted by Crippen LogP contribution is -2.12. The molecule has 0 spiro atoms. The largest absolute Gasteiger partial charge is 0.278 e. The highest BCUT2D eigenvalue weighted by Gasteiger charge is 2.21. The number of anilines is 1. The maximum atomic E-state index is 12.1. The first-order valence-corrected chi connectivity index (χ1v) is 7.87. The molecule has 0 saturated carbocycles. The van der Waals surface area contributed by atoms with E-state index in [1.807, 2.05) is 0 Å². The number of nitrogens with one attached hydrogen (secondary N) is 1. The number of sulfonamides is 1. The Balaban J connectivity index is 2.40. The zero-order chi connectivity index (χ0) is 14.9. The van der Waals surface area contributed by atoms with Gasteiger partial charge in [0, 0.05) is 6.07 Å². The van der Waals surface area contributed by atoms with Crippen molar-refractivity contribution in [1.82, 2.24) is 4.98 Å². The summed E-state index contributed by atoms with van der Waals surface area (Å²) in [5.41, 5.74) is 0.216. The first kappa shape index (κ1) is 14.7. The van der Waals surface area contributed by atoms with Gasteiger partial charge in [0.05, 0.1) is 22.4 Å². The fourth-order valence-corrected chi connectivity index (χ4v) is 3.91. The molecule has 0 bridgehead atoms. The Labute approximate surface area is 123 Å². The number of benzene rings is 1. The van der Waals surface area contributed by atoms with Gasteiger partial charge in [0.25, 0.3) is 15.7 Å². The monoisotopic (exact) mass is 333 g/mol. The lowest BCUT2D eigenvalue weighted by atomic mass is 10.2. The third kappa shape index (κ3) is 2.89. The highest BCUT2D eigenvalue weighted by atomic mass is 35.5. The van der Waals surface area contributed by atoms with Crippen LogP contribution in [-0.2, 0) is 10.0 Å². The summed E-state index contributed by atoms with van der Waals surface area (Å²) in [6.45, 7) is 1.47. The number of thiazole rings is 1. The van der Waals surface area contributed by atoms with Crippen molar-refractivity contribution in [2.24, 2.45) is 0 Å². The van der Waals surface area contributed by atoms with Crippen LogP contribution in [0.5, 0.6) is 0 Å². The lowest BCUT2D eigenvalue weighted by Gasteiger charge is -2.08. The summed E-state index contributed by atoms with van der Waals surface area (Å²) in [5, 5.41) is 10.8. The van der Waals surface area contributed by atoms with Crippen LogP contribution in [0.1, 0.15) is 5.56 Å². The Kier molecular flexibility index (Phi) is 3.93. The molecule has 0 atom stereocenters. The maximum Gasteiger partial charge on any atom is 0.274 e. The second-order valence-corrected chi connectivity index (χ2v) is 7.27. The van der Waals surface area contributed by atoms with Crippen molar-refractivity contribution in [3.8, 4) is 0 Å². The van der Waals surface area contributed by atoms with E-state index in [1.54, 1.807) is 0 Å². The van der Waals surface area contributed by atoms with Crippen molar-refractivity contribution in [2.45, 2.75) is 11.1 Å². The summed E-state index contributed by atoms with van der Waals surface area (Å²) in [6.07, 6.45) is 1.13. The first-order chi connectivity index (χ1) is 9.31. The number of hydrogen-bond acceptors (Lipinski definition) is 6. The fraction of sp³-hybridized carbons (Fsp3) is 0.100. The smallest absolute Gasteiger partial charge is 0.274 e. The van der Waals surface area contributed by atoms with Crippen LogP contribution in [0.3, 0.4) is 0 Å². The first-order valence-electron chi connectivity index (χ1n) is 5.19. The molecule has 1 heterocycles. The number of nitrogens with zero attached hydrogens (tertiary/aromatic N) is 2. The third-order valence-electron chi connectivity index (χ3n) is 2.47. The highest BCUT2D eigenvalue weighted by Crippen LogP contribution is 2.29. The lowest BCUT2D eigenvalue weighted by molar-refractivity contribution is -0.385. The van der Waals surface area contributed by atoms with Crippen molar-refractivity contribution >= 4 is 44.3 Å². The molecule has 2 rings (SSSR count). The number of halogens is 1. The van der Waals surface area contributed by atoms with E-state index in [1.165, 1.54) is 25.1 Å². The second kappa shape index (κ2) is 5.35. The number of nitro groups is 1. The van der Waals surface area contributed by atoms with Crippen LogP contribution < -0.4 is 4.72 Å². The van der Waals surface area contributed by atoms with E-state index in [4.69, 9.17) is 11.6 Å². The van der Waals surface area contributed by atoms with E-state index in [2.05, 4.69) is 9.71 Å². The van der Waals surface area contributed by atoms with Crippen molar-refractivity contribution < 1.29 is 13.3 Å². The van der Waals surface area contributed by atoms with Gasteiger partial charge in [-0.15, -0.1) is 0 Å². The Morgan fingerprint density at radius 1 is 1.45 bits per heavy atom. The Morgan fingerprint density at radius 2 is 2.15 bits per heavy atom. The standard InChI is InChI=1S/C10H8ClN3O4S2/c1-6-7(3-2-4-8(6)14(15)16)13-20(17,18)9-5-12-10(11)19-9/h2-5,13H,1H3. The quantitative estimate of drug-likeness (QED) is 0.684. The summed E-state index contributed by atoms with van der Waals surface area (Å²) in [5.74, 6) is 0. The Morgan fingerprint density at radius 3 is 2.70 bits per heavy atom. The van der Waals surface area contributed by atoms with Crippen LogP contribution in [0, 0.1) is 17.0 Å². The van der Waals surface area contributed by atoms with Crippen LogP contribution >= 0.6 is 22.9 Å². The zero-order valence-corrected chi connectivity index (χ0v) is 12.4. The van der Waals surface area contributed by atoms with Crippen LogP contribution in [0.4, 0.5) is 11.4 Å². The van der Waals surface area contributed by atoms with Crippen LogP contribution in [0.15, 0.2) is 28.6 Å². The predicted molar refractivity (Wildman–Crippen MR) is 75.8 cm³/mol. The molecule has 106 valence electrons. The van der Waals surface area contributed by atoms with Gasteiger partial charge in [-0.3, -0.25) is 14.8 Å². The van der Waals surface area contributed by atoms with E-state index >= 15 is 0 Å². The van der Waals surface area contributed by atoms with Gasteiger partial charge in [0.15, 0.2) is 8.68 Å². The molecular formula is C10H8ClN3O4S2. The molecule has 1 N–H and O–H groups in total. The van der Waals surface area contributed by atoms with Gasteiger partial charge >= 0.3 is 0 Å². The highest BCUT2D eigenvalue weighted by molar-refractivity contribution is 7.94. The molecule has 1 aromatic heterocycles. The van der Waals surface area contributed by atoms with Crippen molar-refractivity contribution in [3.63, 3.8) is 0 Å². The van der Waals surface area contributed by atoms with Crippen LogP contribution in [0.2, 0.25) is 4.47 Å². The molecule has 0 radical (unpaired) electrons. The number of nitro benzene ring substituents is 1. The molecule has 0 aliphatic carbocycles. The van der Waals surface area contributed by atoms with Gasteiger partial charge in [0.1, 0.15) is 0 Å². The van der Waals surface area contributed by atoms with Crippen molar-refractivity contribution in [3.05, 3.63) is 44.5 Å². The second-order valence-electron chi connectivity index (χ2n) is 3.74. The van der Waals surface area contributed by atoms with E-state index in [0.717, 1.165) is 17.5 Å². The number of hydrogen-bond donors (Lipinski definition) is 1. The minimum Gasteiger partial charge on any atom is -0.278 e. The van der Waals surface area contributed by atoms with E-state index in [0.29, 0.717) is 0 Å². The molecule has 2 aromatic rings. The maximum absolute atomic E-state index is 12.1. The van der Waals surface area contributed by atoms with Gasteiger partial charge in [0.2, 0.25) is 0 Å². The van der Waals surface area contributed by atoms with Crippen LogP contribution in [-0.4, -0.2) is 18.3 Å². The summed E-state index contributed by atoms with van der Waals surface area (Å²) < 4.78 is 26.5. The summed E-state index contributed by atoms with van der Waals surface area (Å²) in [4.78, 5) is 13.9. The summed E-state index contributed by atoms with van der Waals surface area (Å²) in [7, 11) is -3.86. The fourth-order valence-electron chi connectivity index (χ4n) is 1.49. The average Bonchev–Trinajstić information content (AvgIpc) is 2.79. The van der Waals surface area contributed by atoms with Gasteiger partial charge in [-0.2, -0.15) is 0 Å². The molecule has 0 aliphatic rings. The Hall–Kier alpha value is -1.71. The van der Waals surface area contributed by atoms with Crippen molar-refractivity contribution in [2.75, 3.05) is 4.72 Å². The molecular weight excluding hydrogens is 326 g/mol. The van der Waals surface area contributed by atoms with Gasteiger partial charge in [-0.25, -0.2) is 13.4 Å². The molecule has 7 nitrogen and oxygen atoms in total. The van der Waals surface area contributed by atoms with E-state index < -0.39 is 14.9 Å².